The van der Waals surface area contributed by atoms with Crippen LogP contribution in [0.15, 0.2) is 66.7 Å². The molecule has 4 amide bonds. The number of anilines is 1. The van der Waals surface area contributed by atoms with Crippen LogP contribution in [0.2, 0.25) is 0 Å². The van der Waals surface area contributed by atoms with Gasteiger partial charge in [0.05, 0.1) is 6.42 Å². The summed E-state index contributed by atoms with van der Waals surface area (Å²) in [5.74, 6) is 0.653. The standard InChI is InChI=1S/C34H40N4O5/c1-6-8-13-20-38(32(41)28(22-29(35)39)37-33(42)43-34(3,4)5)30(27-17-12-11-14-23(27)7-2)31(40)36-26-19-18-24-15-9-10-16-25(24)21-26/h2,9-12,14-19,21,28,30H,6,8,13,20,22H2,1,3-5H3,(H2,35,39)(H,36,40)(H,37,42). The fraction of sp³-hybridized carbons (Fsp3) is 0.353. The number of nitrogens with zero attached hydrogens (tertiary/aromatic N) is 1. The van der Waals surface area contributed by atoms with Gasteiger partial charge in [-0.3, -0.25) is 14.4 Å². The summed E-state index contributed by atoms with van der Waals surface area (Å²) in [6.45, 7) is 7.21. The van der Waals surface area contributed by atoms with Crippen LogP contribution in [0.25, 0.3) is 10.8 Å². The van der Waals surface area contributed by atoms with Crippen molar-refractivity contribution in [3.05, 3.63) is 77.9 Å². The summed E-state index contributed by atoms with van der Waals surface area (Å²) in [4.78, 5) is 54.5. The zero-order chi connectivity index (χ0) is 31.6. The lowest BCUT2D eigenvalue weighted by molar-refractivity contribution is -0.142. The third-order valence-electron chi connectivity index (χ3n) is 6.67. The number of carbonyl (C=O) groups excluding carboxylic acids is 4. The monoisotopic (exact) mass is 584 g/mol. The Morgan fingerprint density at radius 2 is 1.65 bits per heavy atom. The average molecular weight is 585 g/mol. The van der Waals surface area contributed by atoms with E-state index in [4.69, 9.17) is 16.9 Å². The van der Waals surface area contributed by atoms with Crippen LogP contribution in [0.4, 0.5) is 10.5 Å². The fourth-order valence-electron chi connectivity index (χ4n) is 4.75. The maximum Gasteiger partial charge on any atom is 0.408 e. The number of nitrogens with one attached hydrogen (secondary N) is 2. The van der Waals surface area contributed by atoms with Crippen molar-refractivity contribution in [3.8, 4) is 12.3 Å². The first-order valence-corrected chi connectivity index (χ1v) is 14.4. The van der Waals surface area contributed by atoms with Crippen molar-refractivity contribution in [2.45, 2.75) is 71.1 Å². The van der Waals surface area contributed by atoms with Gasteiger partial charge < -0.3 is 26.0 Å². The second-order valence-electron chi connectivity index (χ2n) is 11.3. The predicted octanol–water partition coefficient (Wildman–Crippen LogP) is 5.29. The van der Waals surface area contributed by atoms with Gasteiger partial charge in [-0.2, -0.15) is 0 Å². The normalized spacial score (nSPS) is 12.4. The first-order chi connectivity index (χ1) is 20.4. The van der Waals surface area contributed by atoms with Crippen LogP contribution < -0.4 is 16.4 Å². The third kappa shape index (κ3) is 9.33. The molecular formula is C34H40N4O5. The minimum atomic E-state index is -1.37. The molecule has 2 atom stereocenters. The van der Waals surface area contributed by atoms with Crippen molar-refractivity contribution in [1.82, 2.24) is 10.2 Å². The quantitative estimate of drug-likeness (QED) is 0.197. The number of ether oxygens (including phenoxy) is 1. The molecule has 9 nitrogen and oxygen atoms in total. The van der Waals surface area contributed by atoms with E-state index < -0.39 is 47.9 Å². The average Bonchev–Trinajstić information content (AvgIpc) is 2.95. The van der Waals surface area contributed by atoms with Gasteiger partial charge >= 0.3 is 6.09 Å². The van der Waals surface area contributed by atoms with Crippen molar-refractivity contribution in [2.75, 3.05) is 11.9 Å². The van der Waals surface area contributed by atoms with Gasteiger partial charge in [-0.05, 0) is 61.7 Å². The van der Waals surface area contributed by atoms with Crippen molar-refractivity contribution in [1.29, 1.82) is 0 Å². The van der Waals surface area contributed by atoms with Crippen molar-refractivity contribution >= 4 is 40.3 Å². The molecular weight excluding hydrogens is 544 g/mol. The molecule has 0 heterocycles. The Hall–Kier alpha value is -4.84. The van der Waals surface area contributed by atoms with E-state index >= 15 is 0 Å². The summed E-state index contributed by atoms with van der Waals surface area (Å²) in [5.41, 5.74) is 6.04. The lowest BCUT2D eigenvalue weighted by Gasteiger charge is -2.35. The zero-order valence-corrected chi connectivity index (χ0v) is 25.2. The second kappa shape index (κ2) is 14.9. The van der Waals surface area contributed by atoms with E-state index in [2.05, 4.69) is 16.6 Å². The third-order valence-corrected chi connectivity index (χ3v) is 6.67. The van der Waals surface area contributed by atoms with E-state index in [-0.39, 0.29) is 6.54 Å². The molecule has 9 heteroatoms. The number of carbonyl (C=O) groups is 4. The topological polar surface area (TPSA) is 131 Å². The SMILES string of the molecule is C#Cc1ccccc1C(C(=O)Nc1ccc2ccccc2c1)N(CCCCC)C(=O)C(CC(N)=O)NC(=O)OC(C)(C)C. The van der Waals surface area contributed by atoms with E-state index in [0.29, 0.717) is 23.2 Å². The molecule has 0 radical (unpaired) electrons. The van der Waals surface area contributed by atoms with Crippen LogP contribution in [0.3, 0.4) is 0 Å². The van der Waals surface area contributed by atoms with E-state index in [1.165, 1.54) is 4.90 Å². The summed E-state index contributed by atoms with van der Waals surface area (Å²) in [6, 6.07) is 17.6. The summed E-state index contributed by atoms with van der Waals surface area (Å²) in [7, 11) is 0. The van der Waals surface area contributed by atoms with Gasteiger partial charge in [0.1, 0.15) is 17.7 Å². The Balaban J connectivity index is 2.08. The molecule has 226 valence electrons. The molecule has 0 aliphatic heterocycles. The number of hydrogen-bond acceptors (Lipinski definition) is 5. The molecule has 0 aliphatic carbocycles. The maximum atomic E-state index is 14.2. The zero-order valence-electron chi connectivity index (χ0n) is 25.2. The van der Waals surface area contributed by atoms with Gasteiger partial charge in [0.2, 0.25) is 11.8 Å². The van der Waals surface area contributed by atoms with E-state index in [0.717, 1.165) is 23.6 Å². The predicted molar refractivity (Wildman–Crippen MR) is 168 cm³/mol. The minimum absolute atomic E-state index is 0.159. The molecule has 2 unspecified atom stereocenters. The summed E-state index contributed by atoms with van der Waals surface area (Å²) >= 11 is 0. The maximum absolute atomic E-state index is 14.2. The lowest BCUT2D eigenvalue weighted by Crippen LogP contribution is -2.53. The minimum Gasteiger partial charge on any atom is -0.444 e. The van der Waals surface area contributed by atoms with Crippen molar-refractivity contribution in [3.63, 3.8) is 0 Å². The van der Waals surface area contributed by atoms with Crippen molar-refractivity contribution < 1.29 is 23.9 Å². The number of unbranched alkanes of at least 4 members (excludes halogenated alkanes) is 2. The highest BCUT2D eigenvalue weighted by Gasteiger charge is 2.37. The Bertz CT molecular complexity index is 1500. The number of primary amides is 1. The molecule has 0 saturated heterocycles. The Morgan fingerprint density at radius 3 is 2.30 bits per heavy atom. The van der Waals surface area contributed by atoms with E-state index in [9.17, 15) is 19.2 Å². The number of hydrogen-bond donors (Lipinski definition) is 3. The lowest BCUT2D eigenvalue weighted by atomic mass is 9.96. The van der Waals surface area contributed by atoms with Crippen LogP contribution in [0, 0.1) is 12.3 Å². The van der Waals surface area contributed by atoms with Crippen LogP contribution in [0.5, 0.6) is 0 Å². The number of alkyl carbamates (subject to hydrolysis) is 1. The van der Waals surface area contributed by atoms with E-state index in [1.807, 2.05) is 43.3 Å². The molecule has 0 saturated carbocycles. The molecule has 0 aromatic heterocycles. The second-order valence-corrected chi connectivity index (χ2v) is 11.3. The van der Waals surface area contributed by atoms with Gasteiger partial charge in [-0.1, -0.05) is 74.2 Å². The first kappa shape index (κ1) is 32.7. The molecule has 3 aromatic rings. The van der Waals surface area contributed by atoms with Crippen LogP contribution in [-0.4, -0.2) is 46.9 Å². The van der Waals surface area contributed by atoms with Crippen LogP contribution in [0.1, 0.15) is 70.5 Å². The number of benzene rings is 3. The highest BCUT2D eigenvalue weighted by atomic mass is 16.6. The summed E-state index contributed by atoms with van der Waals surface area (Å²) < 4.78 is 5.34. The molecule has 0 spiro atoms. The Morgan fingerprint density at radius 1 is 0.977 bits per heavy atom. The van der Waals surface area contributed by atoms with Gasteiger partial charge in [-0.15, -0.1) is 6.42 Å². The Labute approximate surface area is 253 Å². The fourth-order valence-corrected chi connectivity index (χ4v) is 4.75. The largest absolute Gasteiger partial charge is 0.444 e. The van der Waals surface area contributed by atoms with Crippen LogP contribution >= 0.6 is 0 Å². The Kier molecular flexibility index (Phi) is 11.3. The number of amides is 4. The molecule has 4 N–H and O–H groups in total. The summed E-state index contributed by atoms with van der Waals surface area (Å²) in [5, 5.41) is 7.39. The molecule has 0 fully saturated rings. The number of terminal acetylenes is 1. The van der Waals surface area contributed by atoms with Crippen molar-refractivity contribution in [2.24, 2.45) is 5.73 Å². The van der Waals surface area contributed by atoms with Gasteiger partial charge in [-0.25, -0.2) is 4.79 Å². The number of fused-ring (bicyclic) bond motifs is 1. The highest BCUT2D eigenvalue weighted by Crippen LogP contribution is 2.29. The number of nitrogens with two attached hydrogens (primary N) is 1. The summed E-state index contributed by atoms with van der Waals surface area (Å²) in [6.07, 6.45) is 6.66. The molecule has 3 aromatic carbocycles. The van der Waals surface area contributed by atoms with Gasteiger partial charge in [0.15, 0.2) is 0 Å². The van der Waals surface area contributed by atoms with Crippen LogP contribution in [-0.2, 0) is 19.1 Å². The smallest absolute Gasteiger partial charge is 0.408 e. The van der Waals surface area contributed by atoms with Gasteiger partial charge in [0, 0.05) is 17.8 Å². The van der Waals surface area contributed by atoms with Gasteiger partial charge in [0.25, 0.3) is 5.91 Å². The molecule has 0 bridgehead atoms. The number of rotatable bonds is 12. The molecule has 3 rings (SSSR count). The molecule has 0 aliphatic rings. The van der Waals surface area contributed by atoms with E-state index in [1.54, 1.807) is 51.1 Å². The molecule has 43 heavy (non-hydrogen) atoms. The first-order valence-electron chi connectivity index (χ1n) is 14.4. The highest BCUT2D eigenvalue weighted by molar-refractivity contribution is 6.01.